The molecule has 0 bridgehead atoms. The maximum Gasteiger partial charge on any atom is 0.311 e. The topological polar surface area (TPSA) is 81.8 Å². The van der Waals surface area contributed by atoms with Gasteiger partial charge in [0, 0.05) is 5.56 Å². The van der Waals surface area contributed by atoms with Gasteiger partial charge >= 0.3 is 5.97 Å². The van der Waals surface area contributed by atoms with Gasteiger partial charge in [-0.3, -0.25) is 4.79 Å². The molecule has 0 radical (unpaired) electrons. The highest BCUT2D eigenvalue weighted by atomic mass is 16.5. The van der Waals surface area contributed by atoms with Gasteiger partial charge in [0.05, 0.1) is 19.3 Å². The third kappa shape index (κ3) is 4.28. The molecule has 0 saturated carbocycles. The van der Waals surface area contributed by atoms with Crippen LogP contribution in [0, 0.1) is 0 Å². The lowest BCUT2D eigenvalue weighted by atomic mass is 9.98. The summed E-state index contributed by atoms with van der Waals surface area (Å²) in [7, 11) is 1.60. The molecule has 0 spiro atoms. The average Bonchev–Trinajstić information content (AvgIpc) is 3.09. The van der Waals surface area contributed by atoms with Crippen molar-refractivity contribution in [2.45, 2.75) is 19.8 Å². The fraction of sp³-hybridized carbons (Fsp3) is 0.238. The first-order valence-corrected chi connectivity index (χ1v) is 8.70. The molecular formula is C21H21NO5. The van der Waals surface area contributed by atoms with Crippen LogP contribution in [-0.2, 0) is 11.2 Å². The number of benzene rings is 2. The number of hydrogen-bond acceptors (Lipinski definition) is 5. The van der Waals surface area contributed by atoms with Crippen LogP contribution in [0.2, 0.25) is 0 Å². The van der Waals surface area contributed by atoms with Crippen LogP contribution in [0.25, 0.3) is 22.4 Å². The molecule has 0 unspecified atom stereocenters. The van der Waals surface area contributed by atoms with Crippen molar-refractivity contribution in [2.24, 2.45) is 0 Å². The van der Waals surface area contributed by atoms with E-state index in [1.807, 2.05) is 55.5 Å². The summed E-state index contributed by atoms with van der Waals surface area (Å²) in [5, 5.41) is 13.3. The molecule has 3 aromatic rings. The van der Waals surface area contributed by atoms with Gasteiger partial charge in [-0.25, -0.2) is 0 Å². The van der Waals surface area contributed by atoms with Crippen molar-refractivity contribution < 1.29 is 23.9 Å². The fourth-order valence-electron chi connectivity index (χ4n) is 2.76. The van der Waals surface area contributed by atoms with Gasteiger partial charge < -0.3 is 19.1 Å². The monoisotopic (exact) mass is 367 g/mol. The van der Waals surface area contributed by atoms with Gasteiger partial charge in [-0.1, -0.05) is 24.2 Å². The van der Waals surface area contributed by atoms with E-state index in [9.17, 15) is 9.90 Å². The van der Waals surface area contributed by atoms with E-state index in [0.717, 1.165) is 29.0 Å². The van der Waals surface area contributed by atoms with Crippen LogP contribution in [-0.4, -0.2) is 29.9 Å². The molecule has 1 heterocycles. The van der Waals surface area contributed by atoms with E-state index in [1.54, 1.807) is 7.11 Å². The first-order valence-electron chi connectivity index (χ1n) is 8.70. The number of ether oxygens (including phenoxy) is 2. The first-order chi connectivity index (χ1) is 13.1. The van der Waals surface area contributed by atoms with Crippen LogP contribution in [0.4, 0.5) is 0 Å². The summed E-state index contributed by atoms with van der Waals surface area (Å²) >= 11 is 0. The SMILES string of the molecule is CCCOc1ccc(-c2c(-c3ccc(OC)cc3)noc2CC(=O)O)cc1. The summed E-state index contributed by atoms with van der Waals surface area (Å²) in [6.07, 6.45) is 0.685. The van der Waals surface area contributed by atoms with Crippen molar-refractivity contribution >= 4 is 5.97 Å². The van der Waals surface area contributed by atoms with Crippen LogP contribution in [0.5, 0.6) is 11.5 Å². The predicted molar refractivity (Wildman–Crippen MR) is 101 cm³/mol. The number of hydrogen-bond donors (Lipinski definition) is 1. The number of carboxylic acid groups (broad SMARTS) is 1. The maximum atomic E-state index is 11.2. The van der Waals surface area contributed by atoms with E-state index < -0.39 is 5.97 Å². The van der Waals surface area contributed by atoms with Crippen LogP contribution in [0.15, 0.2) is 53.1 Å². The molecule has 140 valence electrons. The Morgan fingerprint density at radius 3 is 2.26 bits per heavy atom. The number of aromatic nitrogens is 1. The molecule has 1 N–H and O–H groups in total. The molecule has 0 aliphatic heterocycles. The Morgan fingerprint density at radius 2 is 1.67 bits per heavy atom. The summed E-state index contributed by atoms with van der Waals surface area (Å²) in [5.74, 6) is 0.835. The number of carboxylic acids is 1. The van der Waals surface area contributed by atoms with Gasteiger partial charge in [0.1, 0.15) is 23.6 Å². The Hall–Kier alpha value is -3.28. The van der Waals surface area contributed by atoms with Gasteiger partial charge in [-0.2, -0.15) is 0 Å². The van der Waals surface area contributed by atoms with Crippen molar-refractivity contribution in [3.8, 4) is 33.9 Å². The van der Waals surface area contributed by atoms with Crippen LogP contribution in [0.1, 0.15) is 19.1 Å². The molecule has 27 heavy (non-hydrogen) atoms. The minimum atomic E-state index is -0.975. The second-order valence-electron chi connectivity index (χ2n) is 6.00. The van der Waals surface area contributed by atoms with Crippen molar-refractivity contribution in [2.75, 3.05) is 13.7 Å². The average molecular weight is 367 g/mol. The van der Waals surface area contributed by atoms with Gasteiger partial charge in [0.25, 0.3) is 0 Å². The van der Waals surface area contributed by atoms with E-state index in [4.69, 9.17) is 14.0 Å². The third-order valence-electron chi connectivity index (χ3n) is 4.05. The zero-order valence-corrected chi connectivity index (χ0v) is 15.3. The van der Waals surface area contributed by atoms with Gasteiger partial charge in [-0.15, -0.1) is 0 Å². The molecule has 2 aromatic carbocycles. The number of rotatable bonds is 8. The summed E-state index contributed by atoms with van der Waals surface area (Å²) in [4.78, 5) is 11.2. The van der Waals surface area contributed by atoms with Crippen molar-refractivity contribution in [3.05, 3.63) is 54.3 Å². The molecule has 6 heteroatoms. The van der Waals surface area contributed by atoms with Crippen LogP contribution >= 0.6 is 0 Å². The summed E-state index contributed by atoms with van der Waals surface area (Å²) in [5.41, 5.74) is 2.90. The van der Waals surface area contributed by atoms with Crippen LogP contribution < -0.4 is 9.47 Å². The third-order valence-corrected chi connectivity index (χ3v) is 4.05. The van der Waals surface area contributed by atoms with Gasteiger partial charge in [-0.05, 0) is 48.4 Å². The summed E-state index contributed by atoms with van der Waals surface area (Å²) in [6.45, 7) is 2.69. The van der Waals surface area contributed by atoms with E-state index in [0.29, 0.717) is 23.6 Å². The Morgan fingerprint density at radius 1 is 1.04 bits per heavy atom. The smallest absolute Gasteiger partial charge is 0.311 e. The van der Waals surface area contributed by atoms with Crippen LogP contribution in [0.3, 0.4) is 0 Å². The second kappa shape index (κ2) is 8.40. The molecule has 0 saturated heterocycles. The molecular weight excluding hydrogens is 346 g/mol. The standard InChI is InChI=1S/C21H21NO5/c1-3-12-26-17-10-4-14(5-11-17)20-18(13-19(23)24)27-22-21(20)15-6-8-16(25-2)9-7-15/h4-11H,3,12-13H2,1-2H3,(H,23,24). The lowest BCUT2D eigenvalue weighted by molar-refractivity contribution is -0.136. The van der Waals surface area contributed by atoms with Crippen molar-refractivity contribution in [1.29, 1.82) is 0 Å². The first kappa shape index (κ1) is 18.5. The lowest BCUT2D eigenvalue weighted by Gasteiger charge is -2.08. The zero-order valence-electron chi connectivity index (χ0n) is 15.3. The number of carbonyl (C=O) groups is 1. The van der Waals surface area contributed by atoms with Crippen molar-refractivity contribution in [3.63, 3.8) is 0 Å². The van der Waals surface area contributed by atoms with E-state index in [-0.39, 0.29) is 6.42 Å². The normalized spacial score (nSPS) is 10.6. The Kier molecular flexibility index (Phi) is 5.76. The lowest BCUT2D eigenvalue weighted by Crippen LogP contribution is -2.00. The predicted octanol–water partition coefficient (Wildman–Crippen LogP) is 4.43. The molecule has 0 fully saturated rings. The maximum absolute atomic E-state index is 11.2. The van der Waals surface area contributed by atoms with E-state index >= 15 is 0 Å². The number of nitrogens with zero attached hydrogens (tertiary/aromatic N) is 1. The van der Waals surface area contributed by atoms with Gasteiger partial charge in [0.2, 0.25) is 0 Å². The quantitative estimate of drug-likeness (QED) is 0.634. The highest BCUT2D eigenvalue weighted by Gasteiger charge is 2.21. The molecule has 0 aliphatic rings. The Bertz CT molecular complexity index is 897. The van der Waals surface area contributed by atoms with Gasteiger partial charge in [0.15, 0.2) is 5.76 Å². The Labute approximate surface area is 157 Å². The van der Waals surface area contributed by atoms with E-state index in [1.165, 1.54) is 0 Å². The molecule has 1 aromatic heterocycles. The molecule has 0 aliphatic carbocycles. The minimum absolute atomic E-state index is 0.243. The molecule has 0 atom stereocenters. The summed E-state index contributed by atoms with van der Waals surface area (Å²) < 4.78 is 16.2. The second-order valence-corrected chi connectivity index (χ2v) is 6.00. The largest absolute Gasteiger partial charge is 0.497 e. The number of methoxy groups -OCH3 is 1. The Balaban J connectivity index is 2.02. The van der Waals surface area contributed by atoms with Crippen molar-refractivity contribution in [1.82, 2.24) is 5.16 Å². The highest BCUT2D eigenvalue weighted by molar-refractivity contribution is 5.85. The molecule has 0 amide bonds. The zero-order chi connectivity index (χ0) is 19.2. The molecule has 6 nitrogen and oxygen atoms in total. The summed E-state index contributed by atoms with van der Waals surface area (Å²) in [6, 6.07) is 14.9. The minimum Gasteiger partial charge on any atom is -0.497 e. The van der Waals surface area contributed by atoms with E-state index in [2.05, 4.69) is 5.16 Å². The highest BCUT2D eigenvalue weighted by Crippen LogP contribution is 2.36. The molecule has 3 rings (SSSR count). The fourth-order valence-corrected chi connectivity index (χ4v) is 2.76. The number of aliphatic carboxylic acids is 1.